The molecule has 2 N–H and O–H groups in total. The van der Waals surface area contributed by atoms with Crippen molar-refractivity contribution in [2.75, 3.05) is 12.4 Å². The quantitative estimate of drug-likeness (QED) is 0.782. The largest absolute Gasteiger partial charge is 0.337 e. The van der Waals surface area contributed by atoms with Crippen LogP contribution in [0.15, 0.2) is 30.5 Å². The van der Waals surface area contributed by atoms with Gasteiger partial charge in [-0.05, 0) is 23.8 Å². The van der Waals surface area contributed by atoms with E-state index in [0.717, 1.165) is 0 Å². The summed E-state index contributed by atoms with van der Waals surface area (Å²) in [6.07, 6.45) is 3.04. The number of urea groups is 1. The van der Waals surface area contributed by atoms with Gasteiger partial charge in [0.05, 0.1) is 0 Å². The molecule has 2 amide bonds. The van der Waals surface area contributed by atoms with Crippen LogP contribution in [0.3, 0.4) is 0 Å². The van der Waals surface area contributed by atoms with Crippen LogP contribution in [0, 0.1) is 5.82 Å². The molecule has 1 rings (SSSR count). The number of hydrogen-bond donors (Lipinski definition) is 2. The lowest BCUT2D eigenvalue weighted by Gasteiger charge is -2.00. The molecule has 0 radical (unpaired) electrons. The second kappa shape index (κ2) is 6.85. The molecular weight excluding hydrogens is 231 g/mol. The molecule has 1 aromatic rings. The van der Waals surface area contributed by atoms with E-state index in [4.69, 9.17) is 11.6 Å². The Morgan fingerprint density at radius 3 is 3.00 bits per heavy atom. The number of carbonyl (C=O) groups excluding carboxylic acids is 1. The van der Waals surface area contributed by atoms with E-state index in [1.54, 1.807) is 18.2 Å². The van der Waals surface area contributed by atoms with E-state index in [1.165, 1.54) is 18.3 Å². The van der Waals surface area contributed by atoms with Gasteiger partial charge < -0.3 is 10.6 Å². The Morgan fingerprint density at radius 1 is 1.50 bits per heavy atom. The zero-order valence-electron chi connectivity index (χ0n) is 8.54. The molecule has 3 nitrogen and oxygen atoms in total. The SMILES string of the molecule is O=C(N/C=C/c1cccc(F)c1)NCCCl. The summed E-state index contributed by atoms with van der Waals surface area (Å²) in [6, 6.07) is 5.72. The van der Waals surface area contributed by atoms with Gasteiger partial charge in [0.1, 0.15) is 5.82 Å². The lowest BCUT2D eigenvalue weighted by atomic mass is 10.2. The molecule has 0 atom stereocenters. The Kier molecular flexibility index (Phi) is 5.36. The lowest BCUT2D eigenvalue weighted by molar-refractivity contribution is 0.245. The fraction of sp³-hybridized carbons (Fsp3) is 0.182. The topological polar surface area (TPSA) is 41.1 Å². The van der Waals surface area contributed by atoms with Crippen LogP contribution >= 0.6 is 11.6 Å². The summed E-state index contributed by atoms with van der Waals surface area (Å²) in [5.74, 6) is 0.0508. The molecule has 5 heteroatoms. The van der Waals surface area contributed by atoms with Crippen LogP contribution in [0.2, 0.25) is 0 Å². The molecule has 0 aliphatic heterocycles. The van der Waals surface area contributed by atoms with Crippen molar-refractivity contribution in [1.82, 2.24) is 10.6 Å². The summed E-state index contributed by atoms with van der Waals surface area (Å²) in [6.45, 7) is 0.404. The van der Waals surface area contributed by atoms with Gasteiger partial charge in [-0.15, -0.1) is 11.6 Å². The number of alkyl halides is 1. The van der Waals surface area contributed by atoms with E-state index < -0.39 is 0 Å². The van der Waals surface area contributed by atoms with Gasteiger partial charge in [-0.2, -0.15) is 0 Å². The fourth-order valence-corrected chi connectivity index (χ4v) is 1.13. The van der Waals surface area contributed by atoms with Crippen LogP contribution in [0.5, 0.6) is 0 Å². The molecule has 0 aliphatic carbocycles. The first kappa shape index (κ1) is 12.5. The fourth-order valence-electron chi connectivity index (χ4n) is 1.04. The van der Waals surface area contributed by atoms with Gasteiger partial charge in [-0.3, -0.25) is 0 Å². The second-order valence-electron chi connectivity index (χ2n) is 2.98. The van der Waals surface area contributed by atoms with E-state index in [9.17, 15) is 9.18 Å². The number of amides is 2. The number of benzene rings is 1. The summed E-state index contributed by atoms with van der Waals surface area (Å²) in [5, 5.41) is 5.00. The van der Waals surface area contributed by atoms with Crippen LogP contribution in [0.25, 0.3) is 6.08 Å². The molecule has 0 saturated carbocycles. The third-order valence-corrected chi connectivity index (χ3v) is 1.91. The van der Waals surface area contributed by atoms with Gasteiger partial charge >= 0.3 is 6.03 Å². The van der Waals surface area contributed by atoms with Crippen molar-refractivity contribution >= 4 is 23.7 Å². The molecule has 0 fully saturated rings. The minimum absolute atomic E-state index is 0.311. The molecule has 0 bridgehead atoms. The van der Waals surface area contributed by atoms with E-state index in [1.807, 2.05) is 0 Å². The predicted molar refractivity (Wildman–Crippen MR) is 62.7 cm³/mol. The van der Waals surface area contributed by atoms with E-state index in [0.29, 0.717) is 18.0 Å². The summed E-state index contributed by atoms with van der Waals surface area (Å²) >= 11 is 5.39. The first-order valence-corrected chi connectivity index (χ1v) is 5.28. The molecule has 0 aromatic heterocycles. The number of nitrogens with one attached hydrogen (secondary N) is 2. The molecule has 86 valence electrons. The van der Waals surface area contributed by atoms with Crippen molar-refractivity contribution < 1.29 is 9.18 Å². The van der Waals surface area contributed by atoms with Crippen LogP contribution in [0.4, 0.5) is 9.18 Å². The average molecular weight is 243 g/mol. The second-order valence-corrected chi connectivity index (χ2v) is 3.36. The van der Waals surface area contributed by atoms with E-state index >= 15 is 0 Å². The molecule has 16 heavy (non-hydrogen) atoms. The zero-order valence-corrected chi connectivity index (χ0v) is 9.30. The van der Waals surface area contributed by atoms with Gasteiger partial charge in [-0.25, -0.2) is 9.18 Å². The van der Waals surface area contributed by atoms with Gasteiger partial charge in [0, 0.05) is 18.6 Å². The Bertz CT molecular complexity index is 382. The standard InChI is InChI=1S/C11H12ClFN2O/c12-5-7-15-11(16)14-6-4-9-2-1-3-10(13)8-9/h1-4,6,8H,5,7H2,(H2,14,15,16)/b6-4+. The smallest absolute Gasteiger partial charge is 0.318 e. The van der Waals surface area contributed by atoms with E-state index in [-0.39, 0.29) is 11.8 Å². The molecule has 0 unspecified atom stereocenters. The molecular formula is C11H12ClFN2O. The van der Waals surface area contributed by atoms with Gasteiger partial charge in [-0.1, -0.05) is 12.1 Å². The zero-order chi connectivity index (χ0) is 11.8. The Hall–Kier alpha value is -1.55. The van der Waals surface area contributed by atoms with Crippen molar-refractivity contribution in [1.29, 1.82) is 0 Å². The molecule has 1 aromatic carbocycles. The summed E-state index contributed by atoms with van der Waals surface area (Å²) in [7, 11) is 0. The maximum atomic E-state index is 12.8. The van der Waals surface area contributed by atoms with Crippen LogP contribution in [-0.4, -0.2) is 18.5 Å². The Balaban J connectivity index is 2.40. The number of hydrogen-bond acceptors (Lipinski definition) is 1. The van der Waals surface area contributed by atoms with Crippen molar-refractivity contribution in [3.63, 3.8) is 0 Å². The summed E-state index contributed by atoms with van der Waals surface area (Å²) in [5.41, 5.74) is 0.678. The monoisotopic (exact) mass is 242 g/mol. The predicted octanol–water partition coefficient (Wildman–Crippen LogP) is 2.33. The summed E-state index contributed by atoms with van der Waals surface area (Å²) < 4.78 is 12.8. The normalized spacial score (nSPS) is 10.4. The highest BCUT2D eigenvalue weighted by atomic mass is 35.5. The Morgan fingerprint density at radius 2 is 2.31 bits per heavy atom. The van der Waals surface area contributed by atoms with Gasteiger partial charge in [0.2, 0.25) is 0 Å². The third-order valence-electron chi connectivity index (χ3n) is 1.72. The van der Waals surface area contributed by atoms with Crippen LogP contribution in [0.1, 0.15) is 5.56 Å². The van der Waals surface area contributed by atoms with E-state index in [2.05, 4.69) is 10.6 Å². The van der Waals surface area contributed by atoms with Gasteiger partial charge in [0.25, 0.3) is 0 Å². The lowest BCUT2D eigenvalue weighted by Crippen LogP contribution is -2.33. The van der Waals surface area contributed by atoms with Gasteiger partial charge in [0.15, 0.2) is 0 Å². The molecule has 0 spiro atoms. The summed E-state index contributed by atoms with van der Waals surface area (Å²) in [4.78, 5) is 11.1. The molecule has 0 aliphatic rings. The van der Waals surface area contributed by atoms with Crippen molar-refractivity contribution in [2.45, 2.75) is 0 Å². The first-order valence-electron chi connectivity index (χ1n) is 4.75. The highest BCUT2D eigenvalue weighted by Gasteiger charge is 1.94. The highest BCUT2D eigenvalue weighted by molar-refractivity contribution is 6.18. The number of halogens is 2. The Labute approximate surface area is 98.3 Å². The molecule has 0 heterocycles. The number of carbonyl (C=O) groups is 1. The maximum Gasteiger partial charge on any atom is 0.318 e. The average Bonchev–Trinajstić information content (AvgIpc) is 2.26. The van der Waals surface area contributed by atoms with Crippen molar-refractivity contribution in [3.05, 3.63) is 41.8 Å². The maximum absolute atomic E-state index is 12.8. The number of rotatable bonds is 4. The minimum atomic E-state index is -0.340. The highest BCUT2D eigenvalue weighted by Crippen LogP contribution is 2.04. The molecule has 0 saturated heterocycles. The first-order chi connectivity index (χ1) is 7.72. The third kappa shape index (κ3) is 4.79. The van der Waals surface area contributed by atoms with Crippen molar-refractivity contribution in [2.24, 2.45) is 0 Å². The van der Waals surface area contributed by atoms with Crippen molar-refractivity contribution in [3.8, 4) is 0 Å². The van der Waals surface area contributed by atoms with Crippen LogP contribution in [-0.2, 0) is 0 Å². The minimum Gasteiger partial charge on any atom is -0.337 e. The van der Waals surface area contributed by atoms with Crippen LogP contribution < -0.4 is 10.6 Å².